The van der Waals surface area contributed by atoms with E-state index in [0.29, 0.717) is 11.3 Å². The summed E-state index contributed by atoms with van der Waals surface area (Å²) in [6.07, 6.45) is -1.26. The number of amides is 1. The molecular formula is C15H15F2N3O2. The van der Waals surface area contributed by atoms with Crippen molar-refractivity contribution >= 4 is 23.2 Å². The van der Waals surface area contributed by atoms with Crippen LogP contribution >= 0.6 is 0 Å². The molecule has 2 rings (SSSR count). The number of nitrogens with two attached hydrogens (primary N) is 1. The molecule has 1 amide bonds. The number of nitrogens with zero attached hydrogens (tertiary/aromatic N) is 1. The van der Waals surface area contributed by atoms with E-state index in [1.165, 1.54) is 24.3 Å². The van der Waals surface area contributed by atoms with Gasteiger partial charge < -0.3 is 15.7 Å². The van der Waals surface area contributed by atoms with Gasteiger partial charge >= 0.3 is 6.09 Å². The fourth-order valence-electron chi connectivity index (χ4n) is 2.13. The van der Waals surface area contributed by atoms with E-state index >= 15 is 0 Å². The van der Waals surface area contributed by atoms with Crippen LogP contribution in [0.5, 0.6) is 0 Å². The third-order valence-corrected chi connectivity index (χ3v) is 3.13. The van der Waals surface area contributed by atoms with Crippen LogP contribution in [0.4, 0.5) is 30.6 Å². The second-order valence-corrected chi connectivity index (χ2v) is 4.88. The van der Waals surface area contributed by atoms with Crippen molar-refractivity contribution in [1.29, 1.82) is 0 Å². The normalized spacial score (nSPS) is 10.4. The summed E-state index contributed by atoms with van der Waals surface area (Å²) in [6.45, 7) is 0. The fraction of sp³-hybridized carbons (Fsp3) is 0.133. The number of hydrogen-bond acceptors (Lipinski definition) is 3. The average Bonchev–Trinajstić information content (AvgIpc) is 2.43. The van der Waals surface area contributed by atoms with Crippen LogP contribution in [0.2, 0.25) is 0 Å². The number of carboxylic acid groups (broad SMARTS) is 1. The molecule has 2 aromatic carbocycles. The van der Waals surface area contributed by atoms with E-state index in [0.717, 1.165) is 6.07 Å². The number of carbonyl (C=O) groups is 1. The van der Waals surface area contributed by atoms with Crippen molar-refractivity contribution < 1.29 is 18.7 Å². The van der Waals surface area contributed by atoms with E-state index in [1.807, 2.05) is 0 Å². The minimum absolute atomic E-state index is 0.0530. The molecule has 0 aliphatic carbocycles. The summed E-state index contributed by atoms with van der Waals surface area (Å²) in [5, 5.41) is 11.0. The molecule has 5 nitrogen and oxygen atoms in total. The first-order valence-electron chi connectivity index (χ1n) is 6.36. The van der Waals surface area contributed by atoms with Gasteiger partial charge in [-0.2, -0.15) is 0 Å². The van der Waals surface area contributed by atoms with Crippen LogP contribution in [0.15, 0.2) is 30.3 Å². The van der Waals surface area contributed by atoms with E-state index in [-0.39, 0.29) is 16.9 Å². The predicted octanol–water partition coefficient (Wildman–Crippen LogP) is 3.37. The van der Waals surface area contributed by atoms with Crippen molar-refractivity contribution in [2.24, 2.45) is 0 Å². The van der Waals surface area contributed by atoms with Gasteiger partial charge in [-0.05, 0) is 18.2 Å². The standard InChI is InChI=1S/C15H15F2N3O2/c1-20(2)13-7-12(19-15(21)22)11(18)6-9(13)8-4-3-5-10(16)14(8)17/h3-7,19H,18H2,1-2H3,(H,21,22). The Balaban J connectivity index is 2.67. The van der Waals surface area contributed by atoms with Gasteiger partial charge in [0.2, 0.25) is 0 Å². The quantitative estimate of drug-likeness (QED) is 0.760. The van der Waals surface area contributed by atoms with Gasteiger partial charge in [0.15, 0.2) is 11.6 Å². The first-order valence-corrected chi connectivity index (χ1v) is 6.36. The molecule has 4 N–H and O–H groups in total. The molecule has 0 atom stereocenters. The number of hydrogen-bond donors (Lipinski definition) is 3. The van der Waals surface area contributed by atoms with Crippen LogP contribution in [-0.2, 0) is 0 Å². The van der Waals surface area contributed by atoms with Crippen molar-refractivity contribution in [2.45, 2.75) is 0 Å². The summed E-state index contributed by atoms with van der Waals surface area (Å²) < 4.78 is 27.5. The zero-order chi connectivity index (χ0) is 16.4. The molecule has 0 fully saturated rings. The Morgan fingerprint density at radius 3 is 2.50 bits per heavy atom. The Kier molecular flexibility index (Phi) is 4.16. The Bertz CT molecular complexity index is 733. The summed E-state index contributed by atoms with van der Waals surface area (Å²) in [5.41, 5.74) is 7.02. The van der Waals surface area contributed by atoms with Crippen molar-refractivity contribution in [1.82, 2.24) is 0 Å². The van der Waals surface area contributed by atoms with E-state index < -0.39 is 17.7 Å². The van der Waals surface area contributed by atoms with Crippen molar-refractivity contribution in [2.75, 3.05) is 30.0 Å². The Labute approximate surface area is 126 Å². The maximum absolute atomic E-state index is 14.0. The molecule has 2 aromatic rings. The summed E-state index contributed by atoms with van der Waals surface area (Å²) in [7, 11) is 3.41. The molecule has 0 unspecified atom stereocenters. The third kappa shape index (κ3) is 2.93. The Morgan fingerprint density at radius 1 is 1.23 bits per heavy atom. The molecule has 0 saturated carbocycles. The fourth-order valence-corrected chi connectivity index (χ4v) is 2.13. The maximum atomic E-state index is 14.0. The minimum Gasteiger partial charge on any atom is -0.465 e. The Hall–Kier alpha value is -2.83. The first kappa shape index (κ1) is 15.6. The van der Waals surface area contributed by atoms with Crippen LogP contribution in [0.3, 0.4) is 0 Å². The van der Waals surface area contributed by atoms with E-state index in [2.05, 4.69) is 5.32 Å². The number of anilines is 3. The molecule has 0 radical (unpaired) electrons. The lowest BCUT2D eigenvalue weighted by Gasteiger charge is -2.20. The summed E-state index contributed by atoms with van der Waals surface area (Å²) in [6, 6.07) is 6.75. The summed E-state index contributed by atoms with van der Waals surface area (Å²) in [5.74, 6) is -1.95. The van der Waals surface area contributed by atoms with Crippen molar-refractivity contribution in [3.63, 3.8) is 0 Å². The van der Waals surface area contributed by atoms with Gasteiger partial charge in [0.05, 0.1) is 11.4 Å². The van der Waals surface area contributed by atoms with Gasteiger partial charge in [0, 0.05) is 30.9 Å². The molecule has 22 heavy (non-hydrogen) atoms. The van der Waals surface area contributed by atoms with Gasteiger partial charge in [0.1, 0.15) is 0 Å². The zero-order valence-electron chi connectivity index (χ0n) is 12.0. The number of nitrogens with one attached hydrogen (secondary N) is 1. The van der Waals surface area contributed by atoms with Gasteiger partial charge in [-0.3, -0.25) is 5.32 Å². The van der Waals surface area contributed by atoms with Crippen LogP contribution in [0.25, 0.3) is 11.1 Å². The molecule has 0 heterocycles. The molecule has 0 aliphatic rings. The van der Waals surface area contributed by atoms with Gasteiger partial charge in [-0.15, -0.1) is 0 Å². The second-order valence-electron chi connectivity index (χ2n) is 4.88. The number of halogens is 2. The lowest BCUT2D eigenvalue weighted by molar-refractivity contribution is 0.210. The van der Waals surface area contributed by atoms with E-state index in [4.69, 9.17) is 10.8 Å². The highest BCUT2D eigenvalue weighted by atomic mass is 19.2. The van der Waals surface area contributed by atoms with Gasteiger partial charge in [0.25, 0.3) is 0 Å². The average molecular weight is 307 g/mol. The molecule has 0 aliphatic heterocycles. The molecule has 0 spiro atoms. The predicted molar refractivity (Wildman–Crippen MR) is 82.2 cm³/mol. The highest BCUT2D eigenvalue weighted by molar-refractivity contribution is 5.93. The van der Waals surface area contributed by atoms with Crippen LogP contribution in [-0.4, -0.2) is 25.3 Å². The lowest BCUT2D eigenvalue weighted by atomic mass is 10.0. The maximum Gasteiger partial charge on any atom is 0.409 e. The van der Waals surface area contributed by atoms with Crippen LogP contribution < -0.4 is 16.0 Å². The SMILES string of the molecule is CN(C)c1cc(NC(=O)O)c(N)cc1-c1cccc(F)c1F. The largest absolute Gasteiger partial charge is 0.465 e. The van der Waals surface area contributed by atoms with E-state index in [1.54, 1.807) is 19.0 Å². The Morgan fingerprint density at radius 2 is 1.91 bits per heavy atom. The molecule has 0 aromatic heterocycles. The third-order valence-electron chi connectivity index (χ3n) is 3.13. The second kappa shape index (κ2) is 5.88. The molecule has 7 heteroatoms. The van der Waals surface area contributed by atoms with Crippen LogP contribution in [0, 0.1) is 11.6 Å². The highest BCUT2D eigenvalue weighted by Gasteiger charge is 2.17. The number of benzene rings is 2. The van der Waals surface area contributed by atoms with E-state index in [9.17, 15) is 13.6 Å². The highest BCUT2D eigenvalue weighted by Crippen LogP contribution is 2.37. The van der Waals surface area contributed by atoms with Gasteiger partial charge in [-0.1, -0.05) is 12.1 Å². The van der Waals surface area contributed by atoms with Crippen LogP contribution in [0.1, 0.15) is 0 Å². The van der Waals surface area contributed by atoms with Gasteiger partial charge in [-0.25, -0.2) is 13.6 Å². The molecule has 116 valence electrons. The number of nitrogen functional groups attached to an aromatic ring is 1. The summed E-state index contributed by atoms with van der Waals surface area (Å²) >= 11 is 0. The molecule has 0 saturated heterocycles. The smallest absolute Gasteiger partial charge is 0.409 e. The summed E-state index contributed by atoms with van der Waals surface area (Å²) in [4.78, 5) is 12.4. The van der Waals surface area contributed by atoms with Crippen molar-refractivity contribution in [3.05, 3.63) is 42.0 Å². The first-order chi connectivity index (χ1) is 10.3. The molecule has 0 bridgehead atoms. The topological polar surface area (TPSA) is 78.6 Å². The number of rotatable bonds is 3. The molecular weight excluding hydrogens is 292 g/mol. The zero-order valence-corrected chi connectivity index (χ0v) is 12.0. The minimum atomic E-state index is -1.26. The monoisotopic (exact) mass is 307 g/mol. The lowest BCUT2D eigenvalue weighted by Crippen LogP contribution is -2.14. The van der Waals surface area contributed by atoms with Crippen molar-refractivity contribution in [3.8, 4) is 11.1 Å².